The van der Waals surface area contributed by atoms with Crippen LogP contribution in [0.3, 0.4) is 0 Å². The van der Waals surface area contributed by atoms with E-state index in [1.54, 1.807) is 14.2 Å². The Balaban J connectivity index is 1.39. The lowest BCUT2D eigenvalue weighted by molar-refractivity contribution is 0.123. The molecule has 1 aliphatic heterocycles. The standard InChI is InChI=1S/C28H30N4O3/c1-33-23-6-3-20(4-7-23)9-11-29-28-30-12-10-26(31-28)22-17-21-5-8-24(34-2)19-25(21)27(18-22)32-13-15-35-16-14-32/h3-8,10,12,17-19H,9,11,13-16H2,1-2H3,(H,29,30,31). The number of nitrogens with zero attached hydrogens (tertiary/aromatic N) is 3. The fourth-order valence-electron chi connectivity index (χ4n) is 4.37. The minimum Gasteiger partial charge on any atom is -0.497 e. The third kappa shape index (κ3) is 5.30. The number of morpholine rings is 1. The van der Waals surface area contributed by atoms with Gasteiger partial charge in [0.1, 0.15) is 11.5 Å². The molecule has 1 aromatic heterocycles. The molecular weight excluding hydrogens is 440 g/mol. The molecule has 1 saturated heterocycles. The van der Waals surface area contributed by atoms with Gasteiger partial charge in [0, 0.05) is 42.5 Å². The summed E-state index contributed by atoms with van der Waals surface area (Å²) < 4.78 is 16.3. The van der Waals surface area contributed by atoms with Crippen LogP contribution < -0.4 is 19.7 Å². The molecule has 3 aromatic carbocycles. The molecule has 1 N–H and O–H groups in total. The van der Waals surface area contributed by atoms with Crippen molar-refractivity contribution in [2.24, 2.45) is 0 Å². The molecule has 35 heavy (non-hydrogen) atoms. The summed E-state index contributed by atoms with van der Waals surface area (Å²) in [5.41, 5.74) is 4.35. The zero-order valence-corrected chi connectivity index (χ0v) is 20.2. The number of hydrogen-bond acceptors (Lipinski definition) is 7. The molecule has 7 heteroatoms. The monoisotopic (exact) mass is 470 g/mol. The Kier molecular flexibility index (Phi) is 6.95. The van der Waals surface area contributed by atoms with Crippen molar-refractivity contribution in [2.45, 2.75) is 6.42 Å². The number of nitrogens with one attached hydrogen (secondary N) is 1. The van der Waals surface area contributed by atoms with E-state index in [4.69, 9.17) is 19.2 Å². The minimum atomic E-state index is 0.624. The van der Waals surface area contributed by atoms with Crippen LogP contribution in [0.2, 0.25) is 0 Å². The van der Waals surface area contributed by atoms with Crippen LogP contribution in [-0.2, 0) is 11.2 Å². The first-order valence-corrected chi connectivity index (χ1v) is 11.9. The van der Waals surface area contributed by atoms with Gasteiger partial charge in [0.15, 0.2) is 0 Å². The molecule has 180 valence electrons. The highest BCUT2D eigenvalue weighted by Crippen LogP contribution is 2.35. The second-order valence-electron chi connectivity index (χ2n) is 8.47. The summed E-state index contributed by atoms with van der Waals surface area (Å²) in [6.07, 6.45) is 2.68. The van der Waals surface area contributed by atoms with Crippen molar-refractivity contribution in [3.63, 3.8) is 0 Å². The second-order valence-corrected chi connectivity index (χ2v) is 8.47. The topological polar surface area (TPSA) is 68.7 Å². The number of anilines is 2. The van der Waals surface area contributed by atoms with E-state index in [1.165, 1.54) is 16.6 Å². The molecule has 7 nitrogen and oxygen atoms in total. The van der Waals surface area contributed by atoms with E-state index in [9.17, 15) is 0 Å². The van der Waals surface area contributed by atoms with Gasteiger partial charge in [-0.15, -0.1) is 0 Å². The van der Waals surface area contributed by atoms with E-state index in [0.717, 1.165) is 67.4 Å². The van der Waals surface area contributed by atoms with Gasteiger partial charge in [-0.25, -0.2) is 9.97 Å². The van der Waals surface area contributed by atoms with E-state index >= 15 is 0 Å². The quantitative estimate of drug-likeness (QED) is 0.397. The Labute approximate surface area is 205 Å². The van der Waals surface area contributed by atoms with Gasteiger partial charge in [-0.2, -0.15) is 0 Å². The van der Waals surface area contributed by atoms with Gasteiger partial charge in [0.25, 0.3) is 0 Å². The Bertz CT molecular complexity index is 1290. The van der Waals surface area contributed by atoms with Gasteiger partial charge in [0.2, 0.25) is 5.95 Å². The molecule has 1 fully saturated rings. The predicted octanol–water partition coefficient (Wildman–Crippen LogP) is 4.81. The lowest BCUT2D eigenvalue weighted by Crippen LogP contribution is -2.36. The molecule has 0 bridgehead atoms. The summed E-state index contributed by atoms with van der Waals surface area (Å²) in [6, 6.07) is 20.7. The summed E-state index contributed by atoms with van der Waals surface area (Å²) in [5.74, 6) is 2.34. The smallest absolute Gasteiger partial charge is 0.223 e. The van der Waals surface area contributed by atoms with E-state index in [0.29, 0.717) is 5.95 Å². The second kappa shape index (κ2) is 10.6. The maximum Gasteiger partial charge on any atom is 0.223 e. The fourth-order valence-corrected chi connectivity index (χ4v) is 4.37. The molecule has 1 aliphatic rings. The van der Waals surface area contributed by atoms with Gasteiger partial charge in [0.05, 0.1) is 33.1 Å². The Morgan fingerprint density at radius 3 is 2.46 bits per heavy atom. The molecule has 0 amide bonds. The van der Waals surface area contributed by atoms with Crippen molar-refractivity contribution in [3.8, 4) is 22.8 Å². The van der Waals surface area contributed by atoms with Gasteiger partial charge < -0.3 is 24.4 Å². The highest BCUT2D eigenvalue weighted by atomic mass is 16.5. The van der Waals surface area contributed by atoms with Crippen LogP contribution in [-0.4, -0.2) is 57.0 Å². The molecule has 0 radical (unpaired) electrons. The minimum absolute atomic E-state index is 0.624. The average Bonchev–Trinajstić information content (AvgIpc) is 2.93. The molecule has 0 spiro atoms. The highest BCUT2D eigenvalue weighted by molar-refractivity contribution is 5.98. The van der Waals surface area contributed by atoms with Crippen molar-refractivity contribution >= 4 is 22.4 Å². The van der Waals surface area contributed by atoms with Crippen LogP contribution in [0.4, 0.5) is 11.6 Å². The summed E-state index contributed by atoms with van der Waals surface area (Å²) in [5, 5.41) is 5.68. The fraction of sp³-hybridized carbons (Fsp3) is 0.286. The Morgan fingerprint density at radius 1 is 0.914 bits per heavy atom. The molecule has 0 saturated carbocycles. The third-order valence-corrected chi connectivity index (χ3v) is 6.30. The first-order valence-electron chi connectivity index (χ1n) is 11.9. The molecule has 2 heterocycles. The van der Waals surface area contributed by atoms with Crippen molar-refractivity contribution in [3.05, 3.63) is 72.4 Å². The van der Waals surface area contributed by atoms with Gasteiger partial charge in [-0.1, -0.05) is 18.2 Å². The predicted molar refractivity (Wildman–Crippen MR) is 140 cm³/mol. The van der Waals surface area contributed by atoms with E-state index in [-0.39, 0.29) is 0 Å². The largest absolute Gasteiger partial charge is 0.497 e. The summed E-state index contributed by atoms with van der Waals surface area (Å²) >= 11 is 0. The zero-order chi connectivity index (χ0) is 24.0. The SMILES string of the molecule is COc1ccc(CCNc2nccc(-c3cc(N4CCOCC4)c4cc(OC)ccc4c3)n2)cc1. The number of methoxy groups -OCH3 is 2. The Hall–Kier alpha value is -3.84. The van der Waals surface area contributed by atoms with Crippen LogP contribution in [0.25, 0.3) is 22.0 Å². The molecule has 4 aromatic rings. The highest BCUT2D eigenvalue weighted by Gasteiger charge is 2.17. The number of fused-ring (bicyclic) bond motifs is 1. The maximum absolute atomic E-state index is 5.59. The molecule has 0 atom stereocenters. The third-order valence-electron chi connectivity index (χ3n) is 6.30. The van der Waals surface area contributed by atoms with E-state index < -0.39 is 0 Å². The van der Waals surface area contributed by atoms with Crippen LogP contribution >= 0.6 is 0 Å². The number of benzene rings is 3. The first-order chi connectivity index (χ1) is 17.2. The van der Waals surface area contributed by atoms with Crippen LogP contribution in [0, 0.1) is 0 Å². The van der Waals surface area contributed by atoms with Crippen molar-refractivity contribution in [1.29, 1.82) is 0 Å². The number of hydrogen-bond donors (Lipinski definition) is 1. The van der Waals surface area contributed by atoms with E-state index in [1.807, 2.05) is 30.5 Å². The average molecular weight is 471 g/mol. The van der Waals surface area contributed by atoms with Crippen molar-refractivity contribution < 1.29 is 14.2 Å². The van der Waals surface area contributed by atoms with Crippen LogP contribution in [0.15, 0.2) is 66.9 Å². The maximum atomic E-state index is 5.59. The van der Waals surface area contributed by atoms with Gasteiger partial charge >= 0.3 is 0 Å². The molecule has 0 aliphatic carbocycles. The number of ether oxygens (including phenoxy) is 3. The lowest BCUT2D eigenvalue weighted by Gasteiger charge is -2.30. The normalized spacial score (nSPS) is 13.6. The summed E-state index contributed by atoms with van der Waals surface area (Å²) in [4.78, 5) is 11.6. The van der Waals surface area contributed by atoms with Crippen LogP contribution in [0.5, 0.6) is 11.5 Å². The van der Waals surface area contributed by atoms with Crippen molar-refractivity contribution in [1.82, 2.24) is 9.97 Å². The van der Waals surface area contributed by atoms with E-state index in [2.05, 4.69) is 51.6 Å². The lowest BCUT2D eigenvalue weighted by atomic mass is 10.0. The van der Waals surface area contributed by atoms with Crippen molar-refractivity contribution in [2.75, 3.05) is 57.3 Å². The molecular formula is C28H30N4O3. The molecule has 0 unspecified atom stereocenters. The zero-order valence-electron chi connectivity index (χ0n) is 20.2. The van der Waals surface area contributed by atoms with Gasteiger partial charge in [-0.05, 0) is 59.8 Å². The number of rotatable bonds is 8. The van der Waals surface area contributed by atoms with Crippen LogP contribution in [0.1, 0.15) is 5.56 Å². The Morgan fingerprint density at radius 2 is 1.69 bits per heavy atom. The number of aromatic nitrogens is 2. The summed E-state index contributed by atoms with van der Waals surface area (Å²) in [7, 11) is 3.38. The first kappa shape index (κ1) is 22.9. The van der Waals surface area contributed by atoms with Gasteiger partial charge in [-0.3, -0.25) is 0 Å². The molecule has 5 rings (SSSR count). The summed E-state index contributed by atoms with van der Waals surface area (Å²) in [6.45, 7) is 3.92.